The number of aliphatic hydroxyl groups is 1. The minimum Gasteiger partial charge on any atom is -0.389 e. The van der Waals surface area contributed by atoms with E-state index in [4.69, 9.17) is 0 Å². The van der Waals surface area contributed by atoms with Crippen LogP contribution in [0.2, 0.25) is 0 Å². The topological polar surface area (TPSA) is 32.3 Å². The minimum absolute atomic E-state index is 0.247. The molecule has 3 heteroatoms. The number of hydrogen-bond acceptors (Lipinski definition) is 2. The molecule has 0 bridgehead atoms. The van der Waals surface area contributed by atoms with Gasteiger partial charge in [0.2, 0.25) is 0 Å². The molecule has 0 radical (unpaired) electrons. The SMILES string of the molecule is CCC(O)(CC)CNC(C)c1cccc(Br)c1. The molecule has 0 heterocycles. The zero-order valence-corrected chi connectivity index (χ0v) is 12.4. The van der Waals surface area contributed by atoms with Gasteiger partial charge >= 0.3 is 0 Å². The number of nitrogens with one attached hydrogen (secondary N) is 1. The molecule has 0 aliphatic heterocycles. The van der Waals surface area contributed by atoms with Crippen LogP contribution in [0, 0.1) is 0 Å². The standard InChI is InChI=1S/C14H22BrNO/c1-4-14(17,5-2)10-16-11(3)12-7-6-8-13(15)9-12/h6-9,11,16-17H,4-5,10H2,1-3H3. The second-order valence-corrected chi connectivity index (χ2v) is 5.50. The Kier molecular flexibility index (Phi) is 5.63. The lowest BCUT2D eigenvalue weighted by molar-refractivity contribution is 0.0303. The molecular weight excluding hydrogens is 278 g/mol. The lowest BCUT2D eigenvalue weighted by atomic mass is 9.96. The molecule has 1 aromatic carbocycles. The summed E-state index contributed by atoms with van der Waals surface area (Å²) in [6, 6.07) is 8.50. The van der Waals surface area contributed by atoms with Gasteiger partial charge in [-0.1, -0.05) is 41.9 Å². The highest BCUT2D eigenvalue weighted by molar-refractivity contribution is 9.10. The number of halogens is 1. The first-order valence-electron chi connectivity index (χ1n) is 6.22. The molecule has 96 valence electrons. The molecule has 0 aromatic heterocycles. The summed E-state index contributed by atoms with van der Waals surface area (Å²) in [5.41, 5.74) is 0.647. The molecule has 0 saturated heterocycles. The highest BCUT2D eigenvalue weighted by Gasteiger charge is 2.22. The molecule has 0 amide bonds. The Morgan fingerprint density at radius 3 is 2.53 bits per heavy atom. The van der Waals surface area contributed by atoms with Crippen molar-refractivity contribution >= 4 is 15.9 Å². The van der Waals surface area contributed by atoms with E-state index in [1.165, 1.54) is 5.56 Å². The molecule has 1 aromatic rings. The van der Waals surface area contributed by atoms with E-state index in [9.17, 15) is 5.11 Å². The summed E-state index contributed by atoms with van der Waals surface area (Å²) in [7, 11) is 0. The van der Waals surface area contributed by atoms with Gasteiger partial charge in [-0.15, -0.1) is 0 Å². The summed E-state index contributed by atoms with van der Waals surface area (Å²) >= 11 is 3.47. The second-order valence-electron chi connectivity index (χ2n) is 4.59. The van der Waals surface area contributed by atoms with E-state index in [2.05, 4.69) is 40.3 Å². The van der Waals surface area contributed by atoms with Crippen LogP contribution in [-0.4, -0.2) is 17.3 Å². The van der Waals surface area contributed by atoms with Crippen molar-refractivity contribution in [2.24, 2.45) is 0 Å². The third-order valence-electron chi connectivity index (χ3n) is 3.40. The Balaban J connectivity index is 2.58. The monoisotopic (exact) mass is 299 g/mol. The fourth-order valence-corrected chi connectivity index (χ4v) is 2.15. The normalized spacial score (nSPS) is 13.7. The summed E-state index contributed by atoms with van der Waals surface area (Å²) in [5, 5.41) is 13.6. The Morgan fingerprint density at radius 1 is 1.35 bits per heavy atom. The van der Waals surface area contributed by atoms with Crippen LogP contribution in [0.1, 0.15) is 45.2 Å². The van der Waals surface area contributed by atoms with Crippen molar-refractivity contribution in [3.63, 3.8) is 0 Å². The minimum atomic E-state index is -0.583. The van der Waals surface area contributed by atoms with E-state index < -0.39 is 5.60 Å². The molecule has 17 heavy (non-hydrogen) atoms. The van der Waals surface area contributed by atoms with Gasteiger partial charge in [0.05, 0.1) is 5.60 Å². The van der Waals surface area contributed by atoms with Gasteiger partial charge in [0.25, 0.3) is 0 Å². The third kappa shape index (κ3) is 4.41. The van der Waals surface area contributed by atoms with Gasteiger partial charge in [-0.2, -0.15) is 0 Å². The van der Waals surface area contributed by atoms with Crippen molar-refractivity contribution in [1.82, 2.24) is 5.32 Å². The summed E-state index contributed by atoms with van der Waals surface area (Å²) in [6.07, 6.45) is 1.56. The van der Waals surface area contributed by atoms with Crippen LogP contribution in [-0.2, 0) is 0 Å². The average molecular weight is 300 g/mol. The van der Waals surface area contributed by atoms with Crippen LogP contribution in [0.5, 0.6) is 0 Å². The van der Waals surface area contributed by atoms with Crippen LogP contribution < -0.4 is 5.32 Å². The van der Waals surface area contributed by atoms with Crippen molar-refractivity contribution in [3.05, 3.63) is 34.3 Å². The highest BCUT2D eigenvalue weighted by Crippen LogP contribution is 2.19. The van der Waals surface area contributed by atoms with Crippen molar-refractivity contribution < 1.29 is 5.11 Å². The van der Waals surface area contributed by atoms with Crippen LogP contribution in [0.25, 0.3) is 0 Å². The summed E-state index contributed by atoms with van der Waals surface area (Å²) in [4.78, 5) is 0. The summed E-state index contributed by atoms with van der Waals surface area (Å²) < 4.78 is 1.09. The van der Waals surface area contributed by atoms with E-state index >= 15 is 0 Å². The van der Waals surface area contributed by atoms with E-state index in [1.807, 2.05) is 26.0 Å². The fourth-order valence-electron chi connectivity index (χ4n) is 1.74. The Morgan fingerprint density at radius 2 is 2.00 bits per heavy atom. The number of benzene rings is 1. The van der Waals surface area contributed by atoms with E-state index in [0.717, 1.165) is 17.3 Å². The lowest BCUT2D eigenvalue weighted by Crippen LogP contribution is -2.40. The second kappa shape index (κ2) is 6.53. The smallest absolute Gasteiger partial charge is 0.0766 e. The maximum atomic E-state index is 10.2. The van der Waals surface area contributed by atoms with E-state index in [-0.39, 0.29) is 6.04 Å². The molecule has 1 unspecified atom stereocenters. The first kappa shape index (κ1) is 14.7. The molecule has 0 saturated carbocycles. The molecule has 0 aliphatic rings. The Hall–Kier alpha value is -0.380. The molecule has 1 atom stereocenters. The first-order chi connectivity index (χ1) is 8.00. The van der Waals surface area contributed by atoms with E-state index in [1.54, 1.807) is 0 Å². The van der Waals surface area contributed by atoms with Gasteiger partial charge in [0.1, 0.15) is 0 Å². The molecule has 2 N–H and O–H groups in total. The van der Waals surface area contributed by atoms with Crippen LogP contribution >= 0.6 is 15.9 Å². The van der Waals surface area contributed by atoms with Gasteiger partial charge in [0.15, 0.2) is 0 Å². The average Bonchev–Trinajstić information content (AvgIpc) is 2.35. The fraction of sp³-hybridized carbons (Fsp3) is 0.571. The maximum Gasteiger partial charge on any atom is 0.0766 e. The summed E-state index contributed by atoms with van der Waals surface area (Å²) in [6.45, 7) is 6.80. The molecule has 2 nitrogen and oxygen atoms in total. The third-order valence-corrected chi connectivity index (χ3v) is 3.90. The van der Waals surface area contributed by atoms with Gasteiger partial charge in [0, 0.05) is 17.1 Å². The predicted octanol–water partition coefficient (Wildman–Crippen LogP) is 3.65. The van der Waals surface area contributed by atoms with Crippen LogP contribution in [0.3, 0.4) is 0 Å². The maximum absolute atomic E-state index is 10.2. The quantitative estimate of drug-likeness (QED) is 0.840. The van der Waals surface area contributed by atoms with E-state index in [0.29, 0.717) is 6.54 Å². The Labute approximate surface area is 113 Å². The molecule has 0 spiro atoms. The molecule has 0 fully saturated rings. The molecular formula is C14H22BrNO. The van der Waals surface area contributed by atoms with Gasteiger partial charge < -0.3 is 10.4 Å². The van der Waals surface area contributed by atoms with Gasteiger partial charge in [-0.25, -0.2) is 0 Å². The van der Waals surface area contributed by atoms with Crippen molar-refractivity contribution in [3.8, 4) is 0 Å². The number of hydrogen-bond donors (Lipinski definition) is 2. The molecule has 0 aliphatic carbocycles. The van der Waals surface area contributed by atoms with Gasteiger partial charge in [-0.05, 0) is 37.5 Å². The number of rotatable bonds is 6. The zero-order chi connectivity index (χ0) is 12.9. The van der Waals surface area contributed by atoms with Crippen molar-refractivity contribution in [2.75, 3.05) is 6.54 Å². The van der Waals surface area contributed by atoms with Crippen molar-refractivity contribution in [2.45, 2.75) is 45.3 Å². The summed E-state index contributed by atoms with van der Waals surface area (Å²) in [5.74, 6) is 0. The Bertz CT molecular complexity index is 350. The first-order valence-corrected chi connectivity index (χ1v) is 7.01. The van der Waals surface area contributed by atoms with Crippen LogP contribution in [0.15, 0.2) is 28.7 Å². The zero-order valence-electron chi connectivity index (χ0n) is 10.8. The van der Waals surface area contributed by atoms with Gasteiger partial charge in [-0.3, -0.25) is 0 Å². The van der Waals surface area contributed by atoms with Crippen molar-refractivity contribution in [1.29, 1.82) is 0 Å². The molecule has 1 rings (SSSR count). The predicted molar refractivity (Wildman–Crippen MR) is 76.1 cm³/mol. The highest BCUT2D eigenvalue weighted by atomic mass is 79.9. The lowest BCUT2D eigenvalue weighted by Gasteiger charge is -2.27. The van der Waals surface area contributed by atoms with Crippen LogP contribution in [0.4, 0.5) is 0 Å². The largest absolute Gasteiger partial charge is 0.389 e.